The molecule has 0 N–H and O–H groups in total. The lowest BCUT2D eigenvalue weighted by Crippen LogP contribution is -2.28. The van der Waals surface area contributed by atoms with E-state index in [1.807, 2.05) is 0 Å². The van der Waals surface area contributed by atoms with Crippen LogP contribution in [0.3, 0.4) is 0 Å². The smallest absolute Gasteiger partial charge is 0.0378 e. The largest absolute Gasteiger partial charge is 0.0877 e. The van der Waals surface area contributed by atoms with E-state index in [9.17, 15) is 0 Å². The summed E-state index contributed by atoms with van der Waals surface area (Å²) in [6, 6.07) is 13.9. The van der Waals surface area contributed by atoms with Gasteiger partial charge in [-0.15, -0.1) is 0 Å². The molecule has 0 amide bonds. The van der Waals surface area contributed by atoms with Crippen LogP contribution in [-0.4, -0.2) is 9.52 Å². The van der Waals surface area contributed by atoms with Crippen molar-refractivity contribution < 1.29 is 0 Å². The second kappa shape index (κ2) is 6.20. The third-order valence-electron chi connectivity index (χ3n) is 3.74. The summed E-state index contributed by atoms with van der Waals surface area (Å²) in [6.45, 7) is 2.25. The number of hydrogen-bond donors (Lipinski definition) is 0. The Kier molecular flexibility index (Phi) is 4.61. The third kappa shape index (κ3) is 3.10. The molecule has 1 saturated heterocycles. The van der Waals surface area contributed by atoms with Gasteiger partial charge in [-0.1, -0.05) is 67.9 Å². The lowest BCUT2D eigenvalue weighted by molar-refractivity contribution is 0.477. The molecule has 0 aromatic heterocycles. The minimum atomic E-state index is 0.349. The topological polar surface area (TPSA) is 0 Å². The predicted octanol–water partition coefficient (Wildman–Crippen LogP) is 4.62. The highest BCUT2D eigenvalue weighted by Gasteiger charge is 2.30. The zero-order valence-corrected chi connectivity index (χ0v) is 11.8. The fraction of sp³-hybridized carbons (Fsp3) is 0.500. The summed E-state index contributed by atoms with van der Waals surface area (Å²) in [7, 11) is 1.18. The number of unbranched alkanes of at least 4 members (excludes halogenated alkanes) is 1. The van der Waals surface area contributed by atoms with Crippen LogP contribution in [0.4, 0.5) is 0 Å². The highest BCUT2D eigenvalue weighted by atomic mass is 28.2. The minimum Gasteiger partial charge on any atom is -0.0877 e. The van der Waals surface area contributed by atoms with E-state index in [1.54, 1.807) is 0 Å². The fourth-order valence-electron chi connectivity index (χ4n) is 2.67. The Labute approximate surface area is 108 Å². The molecule has 1 aromatic carbocycles. The van der Waals surface area contributed by atoms with E-state index in [4.69, 9.17) is 0 Å². The van der Waals surface area contributed by atoms with Gasteiger partial charge in [-0.25, -0.2) is 0 Å². The van der Waals surface area contributed by atoms with Crippen molar-refractivity contribution >= 4 is 9.52 Å². The van der Waals surface area contributed by atoms with Gasteiger partial charge >= 0.3 is 0 Å². The van der Waals surface area contributed by atoms with Gasteiger partial charge in [0.1, 0.15) is 0 Å². The molecule has 0 atom stereocenters. The third-order valence-corrected chi connectivity index (χ3v) is 4.94. The number of rotatable bonds is 4. The van der Waals surface area contributed by atoms with E-state index in [0.717, 1.165) is 0 Å². The number of allylic oxidation sites excluding steroid dienone is 2. The first-order valence-electron chi connectivity index (χ1n) is 6.81. The SMILES string of the molecule is CCC/C=C/C1(c2ccccc2)CC[Si]CC1. The number of hydrogen-bond acceptors (Lipinski definition) is 0. The molecule has 90 valence electrons. The van der Waals surface area contributed by atoms with Gasteiger partial charge in [-0.05, 0) is 24.8 Å². The van der Waals surface area contributed by atoms with Crippen molar-refractivity contribution in [3.05, 3.63) is 48.0 Å². The van der Waals surface area contributed by atoms with Gasteiger partial charge in [0.05, 0.1) is 0 Å². The molecule has 1 heteroatoms. The molecule has 0 unspecified atom stereocenters. The molecule has 1 heterocycles. The lowest BCUT2D eigenvalue weighted by atomic mass is 9.75. The van der Waals surface area contributed by atoms with Crippen molar-refractivity contribution in [1.82, 2.24) is 0 Å². The van der Waals surface area contributed by atoms with Crippen LogP contribution in [-0.2, 0) is 5.41 Å². The Hall–Kier alpha value is -0.823. The van der Waals surface area contributed by atoms with Gasteiger partial charge < -0.3 is 0 Å². The first kappa shape index (κ1) is 12.6. The minimum absolute atomic E-state index is 0.349. The molecular formula is C16H22Si. The summed E-state index contributed by atoms with van der Waals surface area (Å²) in [4.78, 5) is 0. The van der Waals surface area contributed by atoms with Crippen LogP contribution < -0.4 is 0 Å². The summed E-state index contributed by atoms with van der Waals surface area (Å²) in [5.74, 6) is 0. The van der Waals surface area contributed by atoms with Gasteiger partial charge in [0.25, 0.3) is 0 Å². The molecule has 1 aliphatic heterocycles. The van der Waals surface area contributed by atoms with Gasteiger partial charge in [0.15, 0.2) is 0 Å². The zero-order chi connectivity index (χ0) is 12.0. The molecule has 1 aliphatic rings. The van der Waals surface area contributed by atoms with Crippen LogP contribution in [0, 0.1) is 0 Å². The molecule has 2 rings (SSSR count). The van der Waals surface area contributed by atoms with Gasteiger partial charge in [0, 0.05) is 14.9 Å². The summed E-state index contributed by atoms with van der Waals surface area (Å²) in [5, 5.41) is 0. The van der Waals surface area contributed by atoms with Crippen LogP contribution in [0.1, 0.15) is 38.2 Å². The molecule has 17 heavy (non-hydrogen) atoms. The Morgan fingerprint density at radius 3 is 2.53 bits per heavy atom. The van der Waals surface area contributed by atoms with E-state index in [0.29, 0.717) is 5.41 Å². The van der Waals surface area contributed by atoms with E-state index in [1.165, 1.54) is 52.9 Å². The van der Waals surface area contributed by atoms with Crippen LogP contribution in [0.25, 0.3) is 0 Å². The van der Waals surface area contributed by atoms with E-state index in [-0.39, 0.29) is 0 Å². The Bertz CT molecular complexity index is 347. The molecule has 0 saturated carbocycles. The fourth-order valence-corrected chi connectivity index (χ4v) is 4.17. The van der Waals surface area contributed by atoms with Crippen molar-refractivity contribution in [2.24, 2.45) is 0 Å². The molecule has 0 spiro atoms. The molecular weight excluding hydrogens is 220 g/mol. The van der Waals surface area contributed by atoms with Crippen LogP contribution in [0.5, 0.6) is 0 Å². The van der Waals surface area contributed by atoms with Crippen molar-refractivity contribution in [3.63, 3.8) is 0 Å². The first-order chi connectivity index (χ1) is 8.37. The quantitative estimate of drug-likeness (QED) is 0.534. The Morgan fingerprint density at radius 2 is 1.88 bits per heavy atom. The Morgan fingerprint density at radius 1 is 1.18 bits per heavy atom. The Balaban J connectivity index is 2.23. The lowest BCUT2D eigenvalue weighted by Gasteiger charge is -2.35. The predicted molar refractivity (Wildman–Crippen MR) is 76.8 cm³/mol. The average molecular weight is 242 g/mol. The second-order valence-electron chi connectivity index (χ2n) is 4.96. The molecule has 0 aliphatic carbocycles. The van der Waals surface area contributed by atoms with Gasteiger partial charge in [-0.3, -0.25) is 0 Å². The van der Waals surface area contributed by atoms with Crippen LogP contribution in [0.15, 0.2) is 42.5 Å². The van der Waals surface area contributed by atoms with Gasteiger partial charge in [0.2, 0.25) is 0 Å². The maximum absolute atomic E-state index is 2.51. The second-order valence-corrected chi connectivity index (χ2v) is 6.46. The van der Waals surface area contributed by atoms with E-state index in [2.05, 4.69) is 49.4 Å². The van der Waals surface area contributed by atoms with Crippen molar-refractivity contribution in [2.75, 3.05) is 0 Å². The van der Waals surface area contributed by atoms with E-state index < -0.39 is 0 Å². The van der Waals surface area contributed by atoms with Crippen molar-refractivity contribution in [1.29, 1.82) is 0 Å². The van der Waals surface area contributed by atoms with Crippen molar-refractivity contribution in [3.8, 4) is 0 Å². The van der Waals surface area contributed by atoms with Crippen LogP contribution >= 0.6 is 0 Å². The molecule has 1 aromatic rings. The standard InChI is InChI=1S/C16H22Si/c1-2-3-7-10-16(11-13-17-14-12-16)15-8-5-4-6-9-15/h4-10H,2-3,11-14H2,1H3/b10-7+. The molecule has 0 nitrogen and oxygen atoms in total. The highest BCUT2D eigenvalue weighted by molar-refractivity contribution is 6.35. The maximum Gasteiger partial charge on any atom is 0.0378 e. The van der Waals surface area contributed by atoms with Crippen LogP contribution in [0.2, 0.25) is 12.1 Å². The summed E-state index contributed by atoms with van der Waals surface area (Å²) in [6.07, 6.45) is 10.1. The maximum atomic E-state index is 2.51. The molecule has 0 bridgehead atoms. The zero-order valence-electron chi connectivity index (χ0n) is 10.8. The highest BCUT2D eigenvalue weighted by Crippen LogP contribution is 2.39. The van der Waals surface area contributed by atoms with Gasteiger partial charge in [-0.2, -0.15) is 0 Å². The summed E-state index contributed by atoms with van der Waals surface area (Å²) >= 11 is 0. The number of benzene rings is 1. The summed E-state index contributed by atoms with van der Waals surface area (Å²) in [5.41, 5.74) is 1.87. The molecule has 2 radical (unpaired) electrons. The molecule has 1 fully saturated rings. The normalized spacial score (nSPS) is 19.6. The van der Waals surface area contributed by atoms with E-state index >= 15 is 0 Å². The first-order valence-corrected chi connectivity index (χ1v) is 8.23. The average Bonchev–Trinajstić information content (AvgIpc) is 2.41. The summed E-state index contributed by atoms with van der Waals surface area (Å²) < 4.78 is 0. The van der Waals surface area contributed by atoms with Crippen molar-refractivity contribution in [2.45, 2.75) is 50.1 Å². The monoisotopic (exact) mass is 242 g/mol.